The largest absolute Gasteiger partial charge is 0.466 e. The van der Waals surface area contributed by atoms with Crippen LogP contribution in [0.3, 0.4) is 0 Å². The van der Waals surface area contributed by atoms with Crippen LogP contribution in [0.15, 0.2) is 47.7 Å². The number of carbonyl (C=O) groups is 2. The van der Waals surface area contributed by atoms with Crippen LogP contribution in [0.2, 0.25) is 0 Å². The Bertz CT molecular complexity index is 1040. The molecule has 6 nitrogen and oxygen atoms in total. The molecular formula is C23H24N2O4. The van der Waals surface area contributed by atoms with Crippen molar-refractivity contribution in [2.75, 3.05) is 30.6 Å². The number of hydrogen-bond acceptors (Lipinski definition) is 6. The lowest BCUT2D eigenvalue weighted by Gasteiger charge is -2.40. The molecule has 0 unspecified atom stereocenters. The summed E-state index contributed by atoms with van der Waals surface area (Å²) in [4.78, 5) is 29.6. The van der Waals surface area contributed by atoms with Gasteiger partial charge in [0.25, 0.3) is 0 Å². The minimum Gasteiger partial charge on any atom is -0.466 e. The third-order valence-electron chi connectivity index (χ3n) is 5.51. The molecule has 3 aliphatic heterocycles. The fourth-order valence-corrected chi connectivity index (χ4v) is 4.18. The number of esters is 2. The summed E-state index contributed by atoms with van der Waals surface area (Å²) in [6.45, 7) is 5.44. The molecule has 3 aliphatic rings. The molecule has 3 heterocycles. The van der Waals surface area contributed by atoms with Crippen molar-refractivity contribution in [1.29, 1.82) is 0 Å². The van der Waals surface area contributed by atoms with Crippen LogP contribution in [0.25, 0.3) is 0 Å². The average molecular weight is 392 g/mol. The highest BCUT2D eigenvalue weighted by atomic mass is 16.5. The Morgan fingerprint density at radius 2 is 1.38 bits per heavy atom. The van der Waals surface area contributed by atoms with E-state index in [0.29, 0.717) is 18.7 Å². The summed E-state index contributed by atoms with van der Waals surface area (Å²) in [6.07, 6.45) is 0. The summed E-state index contributed by atoms with van der Waals surface area (Å²) in [7, 11) is 2.66. The maximum atomic E-state index is 12.9. The number of methoxy groups -OCH3 is 2. The summed E-state index contributed by atoms with van der Waals surface area (Å²) in [6, 6.07) is 12.4. The van der Waals surface area contributed by atoms with Crippen LogP contribution in [0, 0.1) is 13.8 Å². The summed E-state index contributed by atoms with van der Waals surface area (Å²) in [5, 5.41) is 0. The molecule has 0 amide bonds. The molecule has 0 aliphatic carbocycles. The SMILES string of the molecule is COC(=O)/C1=C(\C(=O)OC)N2Cc3cc(C)ccc3N(C1)Cc1cc(C)ccc12. The Morgan fingerprint density at radius 1 is 0.793 bits per heavy atom. The van der Waals surface area contributed by atoms with Crippen molar-refractivity contribution >= 4 is 23.3 Å². The van der Waals surface area contributed by atoms with Crippen molar-refractivity contribution in [2.24, 2.45) is 0 Å². The Hall–Kier alpha value is -3.28. The molecule has 0 radical (unpaired) electrons. The maximum absolute atomic E-state index is 12.9. The highest BCUT2D eigenvalue weighted by molar-refractivity contribution is 6.04. The van der Waals surface area contributed by atoms with Gasteiger partial charge in [-0.1, -0.05) is 35.4 Å². The quantitative estimate of drug-likeness (QED) is 0.732. The number of benzene rings is 2. The number of anilines is 2. The molecule has 5 rings (SSSR count). The molecule has 2 aromatic rings. The van der Waals surface area contributed by atoms with Gasteiger partial charge in [-0.25, -0.2) is 9.59 Å². The highest BCUT2D eigenvalue weighted by Gasteiger charge is 2.36. The van der Waals surface area contributed by atoms with Crippen molar-refractivity contribution in [1.82, 2.24) is 0 Å². The fourth-order valence-electron chi connectivity index (χ4n) is 4.18. The second kappa shape index (κ2) is 7.28. The van der Waals surface area contributed by atoms with Crippen LogP contribution < -0.4 is 9.80 Å². The van der Waals surface area contributed by atoms with Gasteiger partial charge >= 0.3 is 11.9 Å². The minimum atomic E-state index is -0.546. The summed E-state index contributed by atoms with van der Waals surface area (Å²) in [5.74, 6) is -1.07. The molecule has 0 aromatic heterocycles. The second-order valence-electron chi connectivity index (χ2n) is 7.52. The van der Waals surface area contributed by atoms with E-state index in [1.165, 1.54) is 14.2 Å². The number of aryl methyl sites for hydroxylation is 2. The van der Waals surface area contributed by atoms with E-state index >= 15 is 0 Å². The van der Waals surface area contributed by atoms with E-state index in [9.17, 15) is 9.59 Å². The van der Waals surface area contributed by atoms with Gasteiger partial charge in [-0.3, -0.25) is 0 Å². The van der Waals surface area contributed by atoms with Crippen molar-refractivity contribution < 1.29 is 19.1 Å². The van der Waals surface area contributed by atoms with Crippen LogP contribution in [0.4, 0.5) is 11.4 Å². The van der Waals surface area contributed by atoms with Gasteiger partial charge in [0, 0.05) is 17.9 Å². The average Bonchev–Trinajstić information content (AvgIpc) is 2.68. The first-order valence-electron chi connectivity index (χ1n) is 9.54. The van der Waals surface area contributed by atoms with E-state index in [4.69, 9.17) is 9.47 Å². The first kappa shape index (κ1) is 19.1. The fraction of sp³-hybridized carbons (Fsp3) is 0.304. The van der Waals surface area contributed by atoms with E-state index in [1.54, 1.807) is 0 Å². The van der Waals surface area contributed by atoms with Crippen molar-refractivity contribution in [3.8, 4) is 0 Å². The van der Waals surface area contributed by atoms with Gasteiger partial charge in [-0.2, -0.15) is 0 Å². The molecule has 0 saturated heterocycles. The first-order valence-corrected chi connectivity index (χ1v) is 9.54. The normalized spacial score (nSPS) is 17.7. The van der Waals surface area contributed by atoms with Gasteiger partial charge in [-0.05, 0) is 37.1 Å². The maximum Gasteiger partial charge on any atom is 0.355 e. The third-order valence-corrected chi connectivity index (χ3v) is 5.51. The number of carbonyl (C=O) groups excluding carboxylic acids is 2. The van der Waals surface area contributed by atoms with Gasteiger partial charge in [0.2, 0.25) is 0 Å². The van der Waals surface area contributed by atoms with Crippen molar-refractivity contribution in [2.45, 2.75) is 26.9 Å². The Labute approximate surface area is 170 Å². The standard InChI is InChI=1S/C23H24N2O4/c1-14-5-7-19-17(10-14)12-25-20-8-6-15(2)9-16(20)11-24(19)13-18(22(26)28-3)21(25)23(27)29-4/h5-10H,11-13H2,1-4H3/b21-18+. The molecule has 2 bridgehead atoms. The lowest BCUT2D eigenvalue weighted by atomic mass is 9.97. The first-order chi connectivity index (χ1) is 13.9. The topological polar surface area (TPSA) is 59.1 Å². The van der Waals surface area contributed by atoms with Crippen LogP contribution in [0.5, 0.6) is 0 Å². The Kier molecular flexibility index (Phi) is 4.78. The molecule has 6 heteroatoms. The monoisotopic (exact) mass is 392 g/mol. The molecule has 2 aromatic carbocycles. The number of rotatable bonds is 2. The molecule has 0 atom stereocenters. The zero-order valence-corrected chi connectivity index (χ0v) is 17.1. The third kappa shape index (κ3) is 3.24. The van der Waals surface area contributed by atoms with E-state index < -0.39 is 11.9 Å². The Morgan fingerprint density at radius 3 is 2.00 bits per heavy atom. The van der Waals surface area contributed by atoms with E-state index in [1.807, 2.05) is 30.9 Å². The predicted molar refractivity (Wildman–Crippen MR) is 111 cm³/mol. The molecular weight excluding hydrogens is 368 g/mol. The van der Waals surface area contributed by atoms with Crippen LogP contribution in [-0.2, 0) is 32.2 Å². The van der Waals surface area contributed by atoms with E-state index in [-0.39, 0.29) is 12.2 Å². The number of nitrogens with zero attached hydrogens (tertiary/aromatic N) is 2. The van der Waals surface area contributed by atoms with Crippen LogP contribution in [-0.4, -0.2) is 32.7 Å². The lowest BCUT2D eigenvalue weighted by Crippen LogP contribution is -2.41. The number of fused-ring (bicyclic) bond motifs is 1. The number of ether oxygens (including phenoxy) is 2. The van der Waals surface area contributed by atoms with Gasteiger partial charge < -0.3 is 19.3 Å². The van der Waals surface area contributed by atoms with Gasteiger partial charge in [-0.15, -0.1) is 0 Å². The molecule has 0 saturated carbocycles. The van der Waals surface area contributed by atoms with E-state index in [0.717, 1.165) is 33.6 Å². The minimum absolute atomic E-state index is 0.237. The molecule has 0 fully saturated rings. The molecule has 0 spiro atoms. The van der Waals surface area contributed by atoms with E-state index in [2.05, 4.69) is 29.2 Å². The van der Waals surface area contributed by atoms with Crippen LogP contribution >= 0.6 is 0 Å². The highest BCUT2D eigenvalue weighted by Crippen LogP contribution is 2.39. The van der Waals surface area contributed by atoms with Gasteiger partial charge in [0.05, 0.1) is 32.9 Å². The van der Waals surface area contributed by atoms with Crippen molar-refractivity contribution in [3.63, 3.8) is 0 Å². The smallest absolute Gasteiger partial charge is 0.355 e. The molecule has 0 N–H and O–H groups in total. The zero-order valence-electron chi connectivity index (χ0n) is 17.1. The van der Waals surface area contributed by atoms with Gasteiger partial charge in [0.15, 0.2) is 0 Å². The second-order valence-corrected chi connectivity index (χ2v) is 7.52. The van der Waals surface area contributed by atoms with Gasteiger partial charge in [0.1, 0.15) is 5.70 Å². The summed E-state index contributed by atoms with van der Waals surface area (Å²) >= 11 is 0. The van der Waals surface area contributed by atoms with Crippen molar-refractivity contribution in [3.05, 3.63) is 69.9 Å². The van der Waals surface area contributed by atoms with Crippen LogP contribution in [0.1, 0.15) is 22.3 Å². The zero-order chi connectivity index (χ0) is 20.7. The summed E-state index contributed by atoms with van der Waals surface area (Å²) < 4.78 is 10.1. The predicted octanol–water partition coefficient (Wildman–Crippen LogP) is 3.24. The summed E-state index contributed by atoms with van der Waals surface area (Å²) in [5.41, 5.74) is 6.98. The Balaban J connectivity index is 2.03. The molecule has 150 valence electrons. The lowest BCUT2D eigenvalue weighted by molar-refractivity contribution is -0.139. The molecule has 29 heavy (non-hydrogen) atoms. The number of hydrogen-bond donors (Lipinski definition) is 0.